The molecule has 1 fully saturated rings. The molecule has 0 bridgehead atoms. The number of carbonyl (C=O) groups is 1. The van der Waals surface area contributed by atoms with Crippen LogP contribution in [0, 0.1) is 0 Å². The number of ether oxygens (including phenoxy) is 1. The molecule has 1 aliphatic heterocycles. The smallest absolute Gasteiger partial charge is 0.254 e. The Hall–Kier alpha value is -1.65. The summed E-state index contributed by atoms with van der Waals surface area (Å²) in [5.74, 6) is 0.125. The summed E-state index contributed by atoms with van der Waals surface area (Å²) >= 11 is 1.73. The highest BCUT2D eigenvalue weighted by Gasteiger charge is 2.20. The van der Waals surface area contributed by atoms with Crippen LogP contribution in [0.3, 0.4) is 0 Å². The van der Waals surface area contributed by atoms with E-state index >= 15 is 0 Å². The van der Waals surface area contributed by atoms with Gasteiger partial charge in [-0.15, -0.1) is 11.3 Å². The van der Waals surface area contributed by atoms with E-state index in [1.807, 2.05) is 35.2 Å². The van der Waals surface area contributed by atoms with Gasteiger partial charge in [-0.2, -0.15) is 0 Å². The maximum absolute atomic E-state index is 12.6. The van der Waals surface area contributed by atoms with Crippen LogP contribution < -0.4 is 0 Å². The van der Waals surface area contributed by atoms with Crippen molar-refractivity contribution in [3.05, 3.63) is 57.8 Å². The zero-order chi connectivity index (χ0) is 13.8. The highest BCUT2D eigenvalue weighted by molar-refractivity contribution is 7.09. The standard InChI is InChI=1S/C16H17NO2S/c18-16(17-7-9-19-10-8-17)15-6-2-1-4-13(15)12-14-5-3-11-20-14/h1-6,11H,7-10,12H2. The number of hydrogen-bond donors (Lipinski definition) is 0. The van der Waals surface area contributed by atoms with Crippen LogP contribution in [0.15, 0.2) is 41.8 Å². The second-order valence-electron chi connectivity index (χ2n) is 4.82. The highest BCUT2D eigenvalue weighted by Crippen LogP contribution is 2.19. The maximum Gasteiger partial charge on any atom is 0.254 e. The average molecular weight is 287 g/mol. The Morgan fingerprint density at radius 1 is 1.15 bits per heavy atom. The second-order valence-corrected chi connectivity index (χ2v) is 5.85. The maximum atomic E-state index is 12.6. The molecule has 3 rings (SSSR count). The minimum Gasteiger partial charge on any atom is -0.378 e. The van der Waals surface area contributed by atoms with Crippen molar-refractivity contribution in [2.24, 2.45) is 0 Å². The topological polar surface area (TPSA) is 29.5 Å². The van der Waals surface area contributed by atoms with E-state index in [1.165, 1.54) is 4.88 Å². The molecule has 1 amide bonds. The molecule has 0 spiro atoms. The van der Waals surface area contributed by atoms with E-state index in [9.17, 15) is 4.79 Å². The molecule has 3 nitrogen and oxygen atoms in total. The number of carbonyl (C=O) groups excluding carboxylic acids is 1. The average Bonchev–Trinajstić information content (AvgIpc) is 3.01. The molecular formula is C16H17NO2S. The summed E-state index contributed by atoms with van der Waals surface area (Å²) in [6.45, 7) is 2.65. The Balaban J connectivity index is 1.83. The lowest BCUT2D eigenvalue weighted by molar-refractivity contribution is 0.0302. The lowest BCUT2D eigenvalue weighted by Crippen LogP contribution is -2.41. The van der Waals surface area contributed by atoms with Crippen LogP contribution in [0.1, 0.15) is 20.8 Å². The van der Waals surface area contributed by atoms with Gasteiger partial charge in [0.1, 0.15) is 0 Å². The summed E-state index contributed by atoms with van der Waals surface area (Å²) < 4.78 is 5.31. The number of benzene rings is 1. The zero-order valence-corrected chi connectivity index (χ0v) is 12.1. The SMILES string of the molecule is O=C(c1ccccc1Cc1cccs1)N1CCOCC1. The van der Waals surface area contributed by atoms with Crippen LogP contribution in [-0.4, -0.2) is 37.1 Å². The quantitative estimate of drug-likeness (QED) is 0.869. The van der Waals surface area contributed by atoms with Gasteiger partial charge in [0.05, 0.1) is 13.2 Å². The molecule has 104 valence electrons. The molecule has 0 radical (unpaired) electrons. The molecule has 1 aromatic carbocycles. The van der Waals surface area contributed by atoms with Gasteiger partial charge in [-0.25, -0.2) is 0 Å². The minimum absolute atomic E-state index is 0.125. The molecule has 20 heavy (non-hydrogen) atoms. The molecule has 1 saturated heterocycles. The first-order chi connectivity index (χ1) is 9.84. The summed E-state index contributed by atoms with van der Waals surface area (Å²) in [7, 11) is 0. The first-order valence-corrected chi connectivity index (χ1v) is 7.70. The van der Waals surface area contributed by atoms with Crippen molar-refractivity contribution < 1.29 is 9.53 Å². The third kappa shape index (κ3) is 2.92. The molecule has 1 aliphatic rings. The Morgan fingerprint density at radius 3 is 2.70 bits per heavy atom. The fourth-order valence-electron chi connectivity index (χ4n) is 2.42. The van der Waals surface area contributed by atoms with Crippen molar-refractivity contribution in [3.8, 4) is 0 Å². The van der Waals surface area contributed by atoms with Crippen LogP contribution in [-0.2, 0) is 11.2 Å². The monoisotopic (exact) mass is 287 g/mol. The van der Waals surface area contributed by atoms with E-state index in [-0.39, 0.29) is 5.91 Å². The third-order valence-electron chi connectivity index (χ3n) is 3.49. The van der Waals surface area contributed by atoms with Gasteiger partial charge in [-0.1, -0.05) is 24.3 Å². The molecule has 0 atom stereocenters. The van der Waals surface area contributed by atoms with Crippen LogP contribution in [0.5, 0.6) is 0 Å². The Morgan fingerprint density at radius 2 is 1.95 bits per heavy atom. The van der Waals surface area contributed by atoms with Crippen LogP contribution >= 0.6 is 11.3 Å². The number of amides is 1. The van der Waals surface area contributed by atoms with Crippen LogP contribution in [0.2, 0.25) is 0 Å². The molecule has 0 saturated carbocycles. The van der Waals surface area contributed by atoms with E-state index < -0.39 is 0 Å². The van der Waals surface area contributed by atoms with Gasteiger partial charge < -0.3 is 9.64 Å². The predicted molar refractivity (Wildman–Crippen MR) is 80.3 cm³/mol. The summed E-state index contributed by atoms with van der Waals surface area (Å²) in [5, 5.41) is 2.07. The molecular weight excluding hydrogens is 270 g/mol. The highest BCUT2D eigenvalue weighted by atomic mass is 32.1. The van der Waals surface area contributed by atoms with Gasteiger partial charge in [0.2, 0.25) is 0 Å². The number of thiophene rings is 1. The van der Waals surface area contributed by atoms with Crippen LogP contribution in [0.4, 0.5) is 0 Å². The van der Waals surface area contributed by atoms with Gasteiger partial charge in [0, 0.05) is 30.0 Å². The van der Waals surface area contributed by atoms with Crippen molar-refractivity contribution in [2.45, 2.75) is 6.42 Å². The van der Waals surface area contributed by atoms with Crippen molar-refractivity contribution >= 4 is 17.2 Å². The molecule has 0 aliphatic carbocycles. The number of nitrogens with zero attached hydrogens (tertiary/aromatic N) is 1. The number of rotatable bonds is 3. The second kappa shape index (κ2) is 6.20. The van der Waals surface area contributed by atoms with Gasteiger partial charge in [-0.3, -0.25) is 4.79 Å². The largest absolute Gasteiger partial charge is 0.378 e. The van der Waals surface area contributed by atoms with E-state index in [0.717, 1.165) is 17.5 Å². The minimum atomic E-state index is 0.125. The molecule has 4 heteroatoms. The van der Waals surface area contributed by atoms with E-state index in [1.54, 1.807) is 11.3 Å². The fourth-order valence-corrected chi connectivity index (χ4v) is 3.15. The van der Waals surface area contributed by atoms with Crippen molar-refractivity contribution in [3.63, 3.8) is 0 Å². The Labute approximate surface area is 122 Å². The van der Waals surface area contributed by atoms with E-state index in [4.69, 9.17) is 4.74 Å². The first kappa shape index (κ1) is 13.3. The Bertz CT molecular complexity index is 574. The van der Waals surface area contributed by atoms with Crippen molar-refractivity contribution in [1.29, 1.82) is 0 Å². The van der Waals surface area contributed by atoms with Crippen LogP contribution in [0.25, 0.3) is 0 Å². The third-order valence-corrected chi connectivity index (χ3v) is 4.37. The fraction of sp³-hybridized carbons (Fsp3) is 0.312. The molecule has 2 aromatic rings. The summed E-state index contributed by atoms with van der Waals surface area (Å²) in [6.07, 6.45) is 0.823. The Kier molecular flexibility index (Phi) is 4.14. The molecule has 2 heterocycles. The van der Waals surface area contributed by atoms with Gasteiger partial charge in [0.15, 0.2) is 0 Å². The first-order valence-electron chi connectivity index (χ1n) is 6.82. The molecule has 0 N–H and O–H groups in total. The van der Waals surface area contributed by atoms with Crippen molar-refractivity contribution in [2.75, 3.05) is 26.3 Å². The van der Waals surface area contributed by atoms with Gasteiger partial charge in [0.25, 0.3) is 5.91 Å². The van der Waals surface area contributed by atoms with Gasteiger partial charge in [-0.05, 0) is 23.1 Å². The zero-order valence-electron chi connectivity index (χ0n) is 11.2. The summed E-state index contributed by atoms with van der Waals surface area (Å²) in [6, 6.07) is 12.1. The lowest BCUT2D eigenvalue weighted by atomic mass is 10.0. The van der Waals surface area contributed by atoms with E-state index in [0.29, 0.717) is 26.3 Å². The van der Waals surface area contributed by atoms with Crippen molar-refractivity contribution in [1.82, 2.24) is 4.90 Å². The number of hydrogen-bond acceptors (Lipinski definition) is 3. The summed E-state index contributed by atoms with van der Waals surface area (Å²) in [5.41, 5.74) is 1.93. The molecule has 0 unspecified atom stereocenters. The van der Waals surface area contributed by atoms with Gasteiger partial charge >= 0.3 is 0 Å². The predicted octanol–water partition coefficient (Wildman–Crippen LogP) is 2.81. The normalized spacial score (nSPS) is 15.3. The molecule has 1 aromatic heterocycles. The summed E-state index contributed by atoms with van der Waals surface area (Å²) in [4.78, 5) is 15.8. The number of morpholine rings is 1. The lowest BCUT2D eigenvalue weighted by Gasteiger charge is -2.27. The van der Waals surface area contributed by atoms with E-state index in [2.05, 4.69) is 11.4 Å².